The quantitative estimate of drug-likeness (QED) is 0.769. The van der Waals surface area contributed by atoms with Crippen LogP contribution in [0.2, 0.25) is 0 Å². The van der Waals surface area contributed by atoms with Gasteiger partial charge in [0.25, 0.3) is 0 Å². The predicted octanol–water partition coefficient (Wildman–Crippen LogP) is 3.48. The highest BCUT2D eigenvalue weighted by Crippen LogP contribution is 2.20. The van der Waals surface area contributed by atoms with Crippen LogP contribution in [-0.4, -0.2) is 13.0 Å². The van der Waals surface area contributed by atoms with Gasteiger partial charge in [-0.3, -0.25) is 4.79 Å². The summed E-state index contributed by atoms with van der Waals surface area (Å²) in [5, 5.41) is 3.09. The van der Waals surface area contributed by atoms with Gasteiger partial charge in [-0.2, -0.15) is 0 Å². The van der Waals surface area contributed by atoms with Crippen molar-refractivity contribution in [3.63, 3.8) is 0 Å². The van der Waals surface area contributed by atoms with E-state index < -0.39 is 0 Å². The fraction of sp³-hybridized carbons (Fsp3) is 0.316. The molecule has 0 saturated heterocycles. The number of amides is 1. The Bertz CT molecular complexity index is 638. The zero-order chi connectivity index (χ0) is 16.7. The van der Waals surface area contributed by atoms with E-state index in [0.29, 0.717) is 12.8 Å². The van der Waals surface area contributed by atoms with Gasteiger partial charge in [-0.15, -0.1) is 0 Å². The molecule has 2 aromatic carbocycles. The predicted molar refractivity (Wildman–Crippen MR) is 93.3 cm³/mol. The van der Waals surface area contributed by atoms with Crippen molar-refractivity contribution < 1.29 is 9.53 Å². The monoisotopic (exact) mass is 312 g/mol. The van der Waals surface area contributed by atoms with Crippen molar-refractivity contribution in [1.82, 2.24) is 5.32 Å². The second-order valence-electron chi connectivity index (χ2n) is 5.50. The van der Waals surface area contributed by atoms with E-state index in [1.165, 1.54) is 0 Å². The molecule has 0 spiro atoms. The standard InChI is InChI=1S/C19H24N2O2/c1-3-18(15-8-11-16(23-2)12-9-15)21-19(22)13-10-14-6-4-5-7-17(14)20/h4-9,11-12,18H,3,10,13,20H2,1-2H3,(H,21,22). The van der Waals surface area contributed by atoms with E-state index in [9.17, 15) is 4.79 Å². The molecule has 0 aromatic heterocycles. The van der Waals surface area contributed by atoms with Gasteiger partial charge in [-0.05, 0) is 42.2 Å². The first kappa shape index (κ1) is 16.9. The van der Waals surface area contributed by atoms with Crippen LogP contribution in [0.5, 0.6) is 5.75 Å². The van der Waals surface area contributed by atoms with Gasteiger partial charge in [0.2, 0.25) is 5.91 Å². The van der Waals surface area contributed by atoms with Crippen molar-refractivity contribution in [2.24, 2.45) is 0 Å². The minimum Gasteiger partial charge on any atom is -0.497 e. The van der Waals surface area contributed by atoms with Crippen LogP contribution < -0.4 is 15.8 Å². The van der Waals surface area contributed by atoms with E-state index in [1.807, 2.05) is 48.5 Å². The Morgan fingerprint density at radius 3 is 2.48 bits per heavy atom. The summed E-state index contributed by atoms with van der Waals surface area (Å²) >= 11 is 0. The largest absolute Gasteiger partial charge is 0.497 e. The fourth-order valence-corrected chi connectivity index (χ4v) is 2.53. The number of para-hydroxylation sites is 1. The number of nitrogens with one attached hydrogen (secondary N) is 1. The second kappa shape index (κ2) is 8.22. The average Bonchev–Trinajstić information content (AvgIpc) is 2.59. The number of benzene rings is 2. The molecule has 0 fully saturated rings. The van der Waals surface area contributed by atoms with E-state index in [1.54, 1.807) is 7.11 Å². The van der Waals surface area contributed by atoms with Gasteiger partial charge >= 0.3 is 0 Å². The van der Waals surface area contributed by atoms with Gasteiger partial charge < -0.3 is 15.8 Å². The first-order valence-corrected chi connectivity index (χ1v) is 7.90. The van der Waals surface area contributed by atoms with E-state index in [4.69, 9.17) is 10.5 Å². The first-order chi connectivity index (χ1) is 11.1. The summed E-state index contributed by atoms with van der Waals surface area (Å²) in [5.41, 5.74) is 8.75. The van der Waals surface area contributed by atoms with E-state index in [0.717, 1.165) is 29.0 Å². The minimum absolute atomic E-state index is 0.0153. The maximum absolute atomic E-state index is 12.2. The number of hydrogen-bond acceptors (Lipinski definition) is 3. The number of anilines is 1. The van der Waals surface area contributed by atoms with Crippen LogP contribution in [0.15, 0.2) is 48.5 Å². The SMILES string of the molecule is CCC(NC(=O)CCc1ccccc1N)c1ccc(OC)cc1. The van der Waals surface area contributed by atoms with Gasteiger partial charge in [0.15, 0.2) is 0 Å². The molecule has 4 heteroatoms. The van der Waals surface area contributed by atoms with Gasteiger partial charge in [0.05, 0.1) is 13.2 Å². The Kier molecular flexibility index (Phi) is 6.03. The van der Waals surface area contributed by atoms with Gasteiger partial charge in [0, 0.05) is 12.1 Å². The summed E-state index contributed by atoms with van der Waals surface area (Å²) in [6.45, 7) is 2.06. The van der Waals surface area contributed by atoms with Gasteiger partial charge in [-0.1, -0.05) is 37.3 Å². The van der Waals surface area contributed by atoms with Crippen LogP contribution in [0.4, 0.5) is 5.69 Å². The topological polar surface area (TPSA) is 64.4 Å². The van der Waals surface area contributed by atoms with Crippen LogP contribution in [0.25, 0.3) is 0 Å². The molecule has 122 valence electrons. The lowest BCUT2D eigenvalue weighted by molar-refractivity contribution is -0.121. The number of rotatable bonds is 7. The third-order valence-corrected chi connectivity index (χ3v) is 3.94. The van der Waals surface area contributed by atoms with E-state index in [-0.39, 0.29) is 11.9 Å². The molecule has 0 aliphatic rings. The summed E-state index contributed by atoms with van der Waals surface area (Å²) in [5.74, 6) is 0.852. The molecule has 1 unspecified atom stereocenters. The second-order valence-corrected chi connectivity index (χ2v) is 5.50. The van der Waals surface area contributed by atoms with Crippen LogP contribution in [0.3, 0.4) is 0 Å². The third-order valence-electron chi connectivity index (χ3n) is 3.94. The maximum atomic E-state index is 12.2. The van der Waals surface area contributed by atoms with Crippen molar-refractivity contribution in [3.8, 4) is 5.75 Å². The molecular weight excluding hydrogens is 288 g/mol. The number of aryl methyl sites for hydroxylation is 1. The molecular formula is C19H24N2O2. The maximum Gasteiger partial charge on any atom is 0.220 e. The molecule has 0 aliphatic heterocycles. The number of hydrogen-bond donors (Lipinski definition) is 2. The minimum atomic E-state index is 0.0153. The molecule has 1 atom stereocenters. The number of nitrogens with two attached hydrogens (primary N) is 1. The molecule has 0 aliphatic carbocycles. The molecule has 23 heavy (non-hydrogen) atoms. The van der Waals surface area contributed by atoms with E-state index in [2.05, 4.69) is 12.2 Å². The van der Waals surface area contributed by atoms with Gasteiger partial charge in [0.1, 0.15) is 5.75 Å². The lowest BCUT2D eigenvalue weighted by atomic mass is 10.0. The van der Waals surface area contributed by atoms with Gasteiger partial charge in [-0.25, -0.2) is 0 Å². The van der Waals surface area contributed by atoms with Crippen LogP contribution in [0.1, 0.15) is 36.9 Å². The molecule has 0 bridgehead atoms. The number of nitrogen functional groups attached to an aromatic ring is 1. The number of methoxy groups -OCH3 is 1. The lowest BCUT2D eigenvalue weighted by Crippen LogP contribution is -2.28. The Hall–Kier alpha value is -2.49. The number of carbonyl (C=O) groups is 1. The highest BCUT2D eigenvalue weighted by atomic mass is 16.5. The molecule has 4 nitrogen and oxygen atoms in total. The smallest absolute Gasteiger partial charge is 0.220 e. The Balaban J connectivity index is 1.92. The molecule has 2 rings (SSSR count). The van der Waals surface area contributed by atoms with Crippen LogP contribution in [0, 0.1) is 0 Å². The molecule has 0 saturated carbocycles. The number of ether oxygens (including phenoxy) is 1. The molecule has 0 heterocycles. The highest BCUT2D eigenvalue weighted by molar-refractivity contribution is 5.77. The lowest BCUT2D eigenvalue weighted by Gasteiger charge is -2.18. The summed E-state index contributed by atoms with van der Waals surface area (Å²) in [6.07, 6.45) is 1.92. The van der Waals surface area contributed by atoms with Crippen molar-refractivity contribution in [2.45, 2.75) is 32.2 Å². The normalized spacial score (nSPS) is 11.7. The Morgan fingerprint density at radius 2 is 1.87 bits per heavy atom. The van der Waals surface area contributed by atoms with Crippen molar-refractivity contribution in [3.05, 3.63) is 59.7 Å². The zero-order valence-corrected chi connectivity index (χ0v) is 13.7. The molecule has 3 N–H and O–H groups in total. The van der Waals surface area contributed by atoms with Crippen molar-refractivity contribution >= 4 is 11.6 Å². The average molecular weight is 312 g/mol. The summed E-state index contributed by atoms with van der Waals surface area (Å²) in [4.78, 5) is 12.2. The molecule has 0 radical (unpaired) electrons. The van der Waals surface area contributed by atoms with Crippen LogP contribution >= 0.6 is 0 Å². The summed E-state index contributed by atoms with van der Waals surface area (Å²) in [7, 11) is 1.64. The fourth-order valence-electron chi connectivity index (χ4n) is 2.53. The third kappa shape index (κ3) is 4.74. The van der Waals surface area contributed by atoms with E-state index >= 15 is 0 Å². The molecule has 1 amide bonds. The summed E-state index contributed by atoms with van der Waals surface area (Å²) < 4.78 is 5.16. The molecule has 2 aromatic rings. The van der Waals surface area contributed by atoms with Crippen molar-refractivity contribution in [2.75, 3.05) is 12.8 Å². The Labute approximate surface area is 137 Å². The number of carbonyl (C=O) groups excluding carboxylic acids is 1. The Morgan fingerprint density at radius 1 is 1.17 bits per heavy atom. The van der Waals surface area contributed by atoms with Crippen molar-refractivity contribution in [1.29, 1.82) is 0 Å². The van der Waals surface area contributed by atoms with Crippen LogP contribution in [-0.2, 0) is 11.2 Å². The first-order valence-electron chi connectivity index (χ1n) is 7.90. The summed E-state index contributed by atoms with van der Waals surface area (Å²) in [6, 6.07) is 15.5. The highest BCUT2D eigenvalue weighted by Gasteiger charge is 2.13. The zero-order valence-electron chi connectivity index (χ0n) is 13.7.